The number of rotatable bonds is 4. The molecule has 3 aromatic rings. The van der Waals surface area contributed by atoms with E-state index < -0.39 is 0 Å². The third-order valence-corrected chi connectivity index (χ3v) is 5.71. The summed E-state index contributed by atoms with van der Waals surface area (Å²) in [5.41, 5.74) is 2.77. The molecule has 0 spiro atoms. The Morgan fingerprint density at radius 3 is 2.44 bits per heavy atom. The van der Waals surface area contributed by atoms with Crippen LogP contribution in [0.3, 0.4) is 0 Å². The molecule has 0 aliphatic carbocycles. The van der Waals surface area contributed by atoms with Gasteiger partial charge in [-0.15, -0.1) is 0 Å². The molecule has 1 atom stereocenters. The minimum atomic E-state index is -0.356. The molecule has 2 aliphatic rings. The van der Waals surface area contributed by atoms with Crippen LogP contribution in [0.15, 0.2) is 66.4 Å². The zero-order valence-electron chi connectivity index (χ0n) is 17.6. The van der Waals surface area contributed by atoms with Crippen molar-refractivity contribution in [3.63, 3.8) is 0 Å². The summed E-state index contributed by atoms with van der Waals surface area (Å²) < 4.78 is 22.3. The number of carbonyl (C=O) groups is 2. The average Bonchev–Trinajstić information content (AvgIpc) is 3.14. The first-order valence-electron chi connectivity index (χ1n) is 10.2. The normalized spacial score (nSPS) is 17.9. The number of fused-ring (bicyclic) bond motifs is 3. The van der Waals surface area contributed by atoms with Gasteiger partial charge in [-0.1, -0.05) is 30.3 Å². The van der Waals surface area contributed by atoms with E-state index in [0.29, 0.717) is 28.4 Å². The van der Waals surface area contributed by atoms with Gasteiger partial charge in [-0.05, 0) is 42.0 Å². The minimum absolute atomic E-state index is 0.124. The molecule has 3 aromatic carbocycles. The number of hydrogen-bond donors (Lipinski definition) is 0. The van der Waals surface area contributed by atoms with Crippen molar-refractivity contribution in [2.24, 2.45) is 0 Å². The van der Waals surface area contributed by atoms with Crippen LogP contribution in [0.1, 0.15) is 39.4 Å². The molecule has 0 saturated carbocycles. The molecule has 2 aliphatic heterocycles. The topological polar surface area (TPSA) is 71.1 Å². The second-order valence-electron chi connectivity index (χ2n) is 7.54. The number of carbonyl (C=O) groups excluding carboxylic acids is 2. The van der Waals surface area contributed by atoms with Crippen LogP contribution in [0, 0.1) is 0 Å². The number of Topliss-reactive ketones (excluding diaryl/α,β-unsaturated/α-hetero) is 1. The van der Waals surface area contributed by atoms with Gasteiger partial charge < -0.3 is 18.9 Å². The van der Waals surface area contributed by atoms with Crippen molar-refractivity contribution in [3.05, 3.63) is 88.7 Å². The van der Waals surface area contributed by atoms with Crippen molar-refractivity contribution < 1.29 is 28.5 Å². The summed E-state index contributed by atoms with van der Waals surface area (Å²) >= 11 is 0. The van der Waals surface area contributed by atoms with E-state index in [1.807, 2.05) is 48.5 Å². The molecule has 5 rings (SSSR count). The van der Waals surface area contributed by atoms with Gasteiger partial charge in [0.2, 0.25) is 5.78 Å². The molecule has 0 fully saturated rings. The molecule has 6 heteroatoms. The standard InChI is InChI=1S/C26H20O6/c1-29-16-9-7-15(8-10-16)13-22-25(28)18-11-12-21-24(26(18)32-22)19(14-23(27)31-21)17-5-3-4-6-20(17)30-2/h3-13,19H,14H2,1-2H3/b22-13-. The number of benzene rings is 3. The van der Waals surface area contributed by atoms with E-state index in [2.05, 4.69) is 0 Å². The number of hydrogen-bond acceptors (Lipinski definition) is 6. The maximum Gasteiger partial charge on any atom is 0.312 e. The lowest BCUT2D eigenvalue weighted by molar-refractivity contribution is -0.135. The highest BCUT2D eigenvalue weighted by Crippen LogP contribution is 2.50. The maximum absolute atomic E-state index is 13.1. The summed E-state index contributed by atoms with van der Waals surface area (Å²) in [5, 5.41) is 0. The van der Waals surface area contributed by atoms with E-state index in [0.717, 1.165) is 16.9 Å². The number of ketones is 1. The monoisotopic (exact) mass is 428 g/mol. The summed E-state index contributed by atoms with van der Waals surface area (Å²) in [6, 6.07) is 18.2. The van der Waals surface area contributed by atoms with Crippen LogP contribution in [0.2, 0.25) is 0 Å². The summed E-state index contributed by atoms with van der Waals surface area (Å²) in [7, 11) is 3.19. The van der Waals surface area contributed by atoms with Crippen LogP contribution in [0.4, 0.5) is 0 Å². The van der Waals surface area contributed by atoms with Crippen LogP contribution in [0.25, 0.3) is 6.08 Å². The molecule has 6 nitrogen and oxygen atoms in total. The van der Waals surface area contributed by atoms with Crippen molar-refractivity contribution in [1.29, 1.82) is 0 Å². The quantitative estimate of drug-likeness (QED) is 0.339. The molecule has 1 unspecified atom stereocenters. The summed E-state index contributed by atoms with van der Waals surface area (Å²) in [5.74, 6) is 1.52. The van der Waals surface area contributed by atoms with E-state index in [1.54, 1.807) is 32.4 Å². The van der Waals surface area contributed by atoms with Gasteiger partial charge in [-0.2, -0.15) is 0 Å². The van der Waals surface area contributed by atoms with Gasteiger partial charge in [0.25, 0.3) is 0 Å². The van der Waals surface area contributed by atoms with Crippen LogP contribution in [-0.4, -0.2) is 26.0 Å². The lowest BCUT2D eigenvalue weighted by Crippen LogP contribution is -2.22. The van der Waals surface area contributed by atoms with Crippen molar-refractivity contribution in [1.82, 2.24) is 0 Å². The Labute approximate surface area is 185 Å². The van der Waals surface area contributed by atoms with E-state index in [1.165, 1.54) is 0 Å². The number of esters is 1. The smallest absolute Gasteiger partial charge is 0.312 e. The lowest BCUT2D eigenvalue weighted by atomic mass is 9.84. The number of allylic oxidation sites excluding steroid dienone is 1. The van der Waals surface area contributed by atoms with Crippen LogP contribution < -0.4 is 18.9 Å². The Hall–Kier alpha value is -4.06. The molecular formula is C26H20O6. The van der Waals surface area contributed by atoms with Gasteiger partial charge in [0.1, 0.15) is 23.0 Å². The predicted molar refractivity (Wildman–Crippen MR) is 117 cm³/mol. The molecule has 0 aromatic heterocycles. The molecule has 0 bridgehead atoms. The van der Waals surface area contributed by atoms with Gasteiger partial charge in [0, 0.05) is 17.0 Å². The Balaban J connectivity index is 1.60. The zero-order chi connectivity index (χ0) is 22.2. The summed E-state index contributed by atoms with van der Waals surface area (Å²) in [6.45, 7) is 0. The minimum Gasteiger partial charge on any atom is -0.497 e. The SMILES string of the molecule is COc1ccc(/C=C2\Oc3c(ccc4c3C(c3ccccc3OC)CC(=O)O4)C2=O)cc1. The molecule has 0 amide bonds. The van der Waals surface area contributed by atoms with Crippen LogP contribution >= 0.6 is 0 Å². The first-order valence-corrected chi connectivity index (χ1v) is 10.2. The van der Waals surface area contributed by atoms with Crippen LogP contribution in [-0.2, 0) is 4.79 Å². The van der Waals surface area contributed by atoms with Gasteiger partial charge in [0.15, 0.2) is 5.76 Å². The fraction of sp³-hybridized carbons (Fsp3) is 0.154. The number of para-hydroxylation sites is 1. The number of methoxy groups -OCH3 is 2. The summed E-state index contributed by atoms with van der Waals surface area (Å²) in [6.07, 6.45) is 1.82. The molecule has 0 N–H and O–H groups in total. The van der Waals surface area contributed by atoms with E-state index in [9.17, 15) is 9.59 Å². The van der Waals surface area contributed by atoms with E-state index in [-0.39, 0.29) is 29.9 Å². The van der Waals surface area contributed by atoms with Crippen molar-refractivity contribution in [2.45, 2.75) is 12.3 Å². The van der Waals surface area contributed by atoms with Gasteiger partial charge in [-0.25, -0.2) is 0 Å². The zero-order valence-corrected chi connectivity index (χ0v) is 17.6. The second-order valence-corrected chi connectivity index (χ2v) is 7.54. The Bertz CT molecular complexity index is 1260. The largest absolute Gasteiger partial charge is 0.497 e. The first-order chi connectivity index (χ1) is 15.6. The third-order valence-electron chi connectivity index (χ3n) is 5.71. The molecule has 32 heavy (non-hydrogen) atoms. The molecule has 0 saturated heterocycles. The molecule has 2 heterocycles. The van der Waals surface area contributed by atoms with E-state index >= 15 is 0 Å². The van der Waals surface area contributed by atoms with Crippen molar-refractivity contribution in [2.75, 3.05) is 14.2 Å². The molecular weight excluding hydrogens is 408 g/mol. The highest BCUT2D eigenvalue weighted by Gasteiger charge is 2.39. The Kier molecular flexibility index (Phi) is 4.90. The highest BCUT2D eigenvalue weighted by molar-refractivity contribution is 6.15. The third kappa shape index (κ3) is 3.30. The summed E-state index contributed by atoms with van der Waals surface area (Å²) in [4.78, 5) is 25.4. The lowest BCUT2D eigenvalue weighted by Gasteiger charge is -2.27. The Morgan fingerprint density at radius 1 is 0.906 bits per heavy atom. The number of ether oxygens (including phenoxy) is 4. The van der Waals surface area contributed by atoms with Gasteiger partial charge >= 0.3 is 5.97 Å². The molecule has 0 radical (unpaired) electrons. The van der Waals surface area contributed by atoms with Crippen LogP contribution in [0.5, 0.6) is 23.0 Å². The first kappa shape index (κ1) is 19.9. The highest BCUT2D eigenvalue weighted by atomic mass is 16.5. The molecule has 160 valence electrons. The van der Waals surface area contributed by atoms with Crippen molar-refractivity contribution >= 4 is 17.8 Å². The van der Waals surface area contributed by atoms with Crippen molar-refractivity contribution in [3.8, 4) is 23.0 Å². The van der Waals surface area contributed by atoms with E-state index in [4.69, 9.17) is 18.9 Å². The fourth-order valence-electron chi connectivity index (χ4n) is 4.18. The van der Waals surface area contributed by atoms with Gasteiger partial charge in [-0.3, -0.25) is 9.59 Å². The average molecular weight is 428 g/mol. The Morgan fingerprint density at radius 2 is 1.69 bits per heavy atom. The second kappa shape index (κ2) is 7.89. The van der Waals surface area contributed by atoms with Gasteiger partial charge in [0.05, 0.1) is 26.2 Å². The maximum atomic E-state index is 13.1. The predicted octanol–water partition coefficient (Wildman–Crippen LogP) is 4.76. The fourth-order valence-corrected chi connectivity index (χ4v) is 4.18.